The summed E-state index contributed by atoms with van der Waals surface area (Å²) in [6, 6.07) is 11.9. The number of fused-ring (bicyclic) bond motifs is 1. The van der Waals surface area contributed by atoms with Crippen molar-refractivity contribution in [3.05, 3.63) is 53.7 Å². The highest BCUT2D eigenvalue weighted by Crippen LogP contribution is 2.46. The molecule has 7 heteroatoms. The predicted octanol–water partition coefficient (Wildman–Crippen LogP) is 4.02. The van der Waals surface area contributed by atoms with Gasteiger partial charge in [-0.1, -0.05) is 18.2 Å². The summed E-state index contributed by atoms with van der Waals surface area (Å²) in [6.07, 6.45) is 2.42. The lowest BCUT2D eigenvalue weighted by atomic mass is 10.1. The lowest BCUT2D eigenvalue weighted by Crippen LogP contribution is -2.31. The van der Waals surface area contributed by atoms with Gasteiger partial charge in [-0.05, 0) is 17.7 Å². The third-order valence-electron chi connectivity index (χ3n) is 5.53. The quantitative estimate of drug-likeness (QED) is 0.596. The molecule has 4 rings (SSSR count). The molecule has 1 aromatic heterocycles. The fourth-order valence-electron chi connectivity index (χ4n) is 4.06. The van der Waals surface area contributed by atoms with Gasteiger partial charge in [-0.25, -0.2) is 0 Å². The number of methoxy groups -OCH3 is 3. The first-order chi connectivity index (χ1) is 14.6. The van der Waals surface area contributed by atoms with E-state index in [1.807, 2.05) is 36.2 Å². The molecule has 1 fully saturated rings. The third kappa shape index (κ3) is 3.58. The monoisotopic (exact) mass is 426 g/mol. The van der Waals surface area contributed by atoms with Crippen LogP contribution in [0.25, 0.3) is 10.9 Å². The molecule has 0 N–H and O–H groups in total. The molecule has 1 amide bonds. The van der Waals surface area contributed by atoms with Crippen LogP contribution in [0.4, 0.5) is 0 Å². The number of ether oxygens (including phenoxy) is 3. The van der Waals surface area contributed by atoms with Crippen molar-refractivity contribution in [2.24, 2.45) is 7.05 Å². The van der Waals surface area contributed by atoms with Gasteiger partial charge in [0.2, 0.25) is 5.91 Å². The van der Waals surface area contributed by atoms with Gasteiger partial charge >= 0.3 is 0 Å². The molecule has 30 heavy (non-hydrogen) atoms. The number of aryl methyl sites for hydroxylation is 1. The van der Waals surface area contributed by atoms with Crippen LogP contribution in [0.3, 0.4) is 0 Å². The maximum absolute atomic E-state index is 13.3. The molecule has 0 aliphatic carbocycles. The Balaban J connectivity index is 1.64. The van der Waals surface area contributed by atoms with Crippen LogP contribution in [-0.4, -0.2) is 49.0 Å². The smallest absolute Gasteiger partial charge is 0.228 e. The van der Waals surface area contributed by atoms with E-state index in [2.05, 4.69) is 22.9 Å². The van der Waals surface area contributed by atoms with Crippen LogP contribution in [0.5, 0.6) is 17.2 Å². The Hall–Kier alpha value is -2.80. The Morgan fingerprint density at radius 1 is 1.07 bits per heavy atom. The molecule has 0 saturated carbocycles. The molecular formula is C23H26N2O4S. The average molecular weight is 427 g/mol. The van der Waals surface area contributed by atoms with Crippen molar-refractivity contribution < 1.29 is 19.0 Å². The fourth-order valence-corrected chi connectivity index (χ4v) is 5.35. The zero-order chi connectivity index (χ0) is 21.3. The van der Waals surface area contributed by atoms with E-state index in [9.17, 15) is 4.79 Å². The van der Waals surface area contributed by atoms with Gasteiger partial charge in [0, 0.05) is 48.1 Å². The van der Waals surface area contributed by atoms with Crippen LogP contribution in [0.1, 0.15) is 16.5 Å². The Kier molecular flexibility index (Phi) is 5.81. The van der Waals surface area contributed by atoms with Crippen LogP contribution in [0.2, 0.25) is 0 Å². The molecule has 1 aliphatic heterocycles. The summed E-state index contributed by atoms with van der Waals surface area (Å²) < 4.78 is 18.6. The second kappa shape index (κ2) is 8.52. The Bertz CT molecular complexity index is 1080. The minimum atomic E-state index is -0.123. The zero-order valence-electron chi connectivity index (χ0n) is 17.7. The first-order valence-electron chi connectivity index (χ1n) is 9.81. The van der Waals surface area contributed by atoms with Crippen molar-refractivity contribution >= 4 is 28.6 Å². The number of carbonyl (C=O) groups excluding carboxylic acids is 1. The Morgan fingerprint density at radius 2 is 1.77 bits per heavy atom. The van der Waals surface area contributed by atoms with E-state index >= 15 is 0 Å². The van der Waals surface area contributed by atoms with Crippen molar-refractivity contribution in [1.29, 1.82) is 0 Å². The Morgan fingerprint density at radius 3 is 2.50 bits per heavy atom. The van der Waals surface area contributed by atoms with Crippen LogP contribution < -0.4 is 14.2 Å². The highest BCUT2D eigenvalue weighted by molar-refractivity contribution is 7.99. The van der Waals surface area contributed by atoms with E-state index < -0.39 is 0 Å². The van der Waals surface area contributed by atoms with E-state index in [0.717, 1.165) is 27.8 Å². The highest BCUT2D eigenvalue weighted by atomic mass is 32.2. The number of benzene rings is 2. The number of thioether (sulfide) groups is 1. The van der Waals surface area contributed by atoms with E-state index in [-0.39, 0.29) is 11.3 Å². The summed E-state index contributed by atoms with van der Waals surface area (Å²) in [5.41, 5.74) is 3.10. The number of amides is 1. The molecule has 0 radical (unpaired) electrons. The lowest BCUT2D eigenvalue weighted by Gasteiger charge is -2.26. The molecule has 158 valence electrons. The van der Waals surface area contributed by atoms with Gasteiger partial charge in [0.1, 0.15) is 11.1 Å². The van der Waals surface area contributed by atoms with Crippen LogP contribution in [0, 0.1) is 0 Å². The molecule has 1 unspecified atom stereocenters. The number of hydrogen-bond acceptors (Lipinski definition) is 5. The average Bonchev–Trinajstić information content (AvgIpc) is 3.38. The van der Waals surface area contributed by atoms with Gasteiger partial charge in [0.15, 0.2) is 11.5 Å². The van der Waals surface area contributed by atoms with E-state index in [0.29, 0.717) is 30.2 Å². The van der Waals surface area contributed by atoms with E-state index in [4.69, 9.17) is 14.2 Å². The molecule has 2 aromatic carbocycles. The summed E-state index contributed by atoms with van der Waals surface area (Å²) in [6.45, 7) is 0.705. The maximum atomic E-state index is 13.3. The molecule has 0 bridgehead atoms. The molecular weight excluding hydrogens is 400 g/mol. The van der Waals surface area contributed by atoms with Gasteiger partial charge in [-0.15, -0.1) is 11.8 Å². The topological polar surface area (TPSA) is 52.9 Å². The van der Waals surface area contributed by atoms with E-state index in [1.54, 1.807) is 33.1 Å². The maximum Gasteiger partial charge on any atom is 0.228 e. The SMILES string of the molecule is COc1cc(OC)c(C2SCCN2C(=O)Cc2cn(C)c3ccccc23)cc1OC. The molecule has 2 heterocycles. The van der Waals surface area contributed by atoms with Crippen molar-refractivity contribution in [1.82, 2.24) is 9.47 Å². The largest absolute Gasteiger partial charge is 0.496 e. The molecule has 0 spiro atoms. The second-order valence-corrected chi connectivity index (χ2v) is 8.41. The predicted molar refractivity (Wildman–Crippen MR) is 120 cm³/mol. The summed E-state index contributed by atoms with van der Waals surface area (Å²) >= 11 is 1.74. The minimum Gasteiger partial charge on any atom is -0.496 e. The summed E-state index contributed by atoms with van der Waals surface area (Å²) in [4.78, 5) is 15.3. The molecule has 1 atom stereocenters. The standard InChI is InChI=1S/C23H26N2O4S/c1-24-14-15(16-7-5-6-8-18(16)24)11-22(26)25-9-10-30-23(25)17-12-20(28-3)21(29-4)13-19(17)27-2/h5-8,12-14,23H,9-11H2,1-4H3. The molecule has 3 aromatic rings. The number of para-hydroxylation sites is 1. The van der Waals surface area contributed by atoms with Crippen molar-refractivity contribution in [2.45, 2.75) is 11.8 Å². The van der Waals surface area contributed by atoms with Crippen LogP contribution >= 0.6 is 11.8 Å². The lowest BCUT2D eigenvalue weighted by molar-refractivity contribution is -0.130. The highest BCUT2D eigenvalue weighted by Gasteiger charge is 2.33. The first kappa shape index (κ1) is 20.5. The summed E-state index contributed by atoms with van der Waals surface area (Å²) in [5, 5.41) is 1.00. The van der Waals surface area contributed by atoms with Gasteiger partial charge in [-0.2, -0.15) is 0 Å². The number of aromatic nitrogens is 1. The second-order valence-electron chi connectivity index (χ2n) is 7.22. The molecule has 6 nitrogen and oxygen atoms in total. The number of rotatable bonds is 6. The number of nitrogens with zero attached hydrogens (tertiary/aromatic N) is 2. The summed E-state index contributed by atoms with van der Waals surface area (Å²) in [7, 11) is 6.85. The van der Waals surface area contributed by atoms with Gasteiger partial charge in [0.25, 0.3) is 0 Å². The molecule has 1 aliphatic rings. The number of carbonyl (C=O) groups is 1. The number of hydrogen-bond donors (Lipinski definition) is 0. The van der Waals surface area contributed by atoms with Crippen molar-refractivity contribution in [3.8, 4) is 17.2 Å². The normalized spacial score (nSPS) is 16.1. The van der Waals surface area contributed by atoms with Crippen molar-refractivity contribution in [3.63, 3.8) is 0 Å². The Labute approximate surface area is 180 Å². The summed E-state index contributed by atoms with van der Waals surface area (Å²) in [5.74, 6) is 2.91. The minimum absolute atomic E-state index is 0.109. The zero-order valence-corrected chi connectivity index (χ0v) is 18.5. The third-order valence-corrected chi connectivity index (χ3v) is 6.78. The van der Waals surface area contributed by atoms with E-state index in [1.165, 1.54) is 0 Å². The van der Waals surface area contributed by atoms with Gasteiger partial charge in [-0.3, -0.25) is 4.79 Å². The van der Waals surface area contributed by atoms with Crippen LogP contribution in [-0.2, 0) is 18.3 Å². The van der Waals surface area contributed by atoms with Crippen molar-refractivity contribution in [2.75, 3.05) is 33.6 Å². The molecule has 1 saturated heterocycles. The first-order valence-corrected chi connectivity index (χ1v) is 10.9. The fraction of sp³-hybridized carbons (Fsp3) is 0.348. The van der Waals surface area contributed by atoms with Crippen LogP contribution in [0.15, 0.2) is 42.6 Å². The van der Waals surface area contributed by atoms with Gasteiger partial charge < -0.3 is 23.7 Å². The van der Waals surface area contributed by atoms with Gasteiger partial charge in [0.05, 0.1) is 27.8 Å².